The second kappa shape index (κ2) is 7.10. The van der Waals surface area contributed by atoms with Gasteiger partial charge >= 0.3 is 0 Å². The molecule has 1 saturated heterocycles. The van der Waals surface area contributed by atoms with Gasteiger partial charge in [0.2, 0.25) is 0 Å². The molecule has 0 spiro atoms. The van der Waals surface area contributed by atoms with Crippen molar-refractivity contribution >= 4 is 17.5 Å². The van der Waals surface area contributed by atoms with Gasteiger partial charge in [-0.25, -0.2) is 0 Å². The van der Waals surface area contributed by atoms with Gasteiger partial charge in [0.05, 0.1) is 11.2 Å². The van der Waals surface area contributed by atoms with E-state index in [-0.39, 0.29) is 11.9 Å². The van der Waals surface area contributed by atoms with E-state index in [0.29, 0.717) is 10.7 Å². The van der Waals surface area contributed by atoms with Crippen molar-refractivity contribution in [1.29, 1.82) is 0 Å². The summed E-state index contributed by atoms with van der Waals surface area (Å²) in [7, 11) is 1.72. The van der Waals surface area contributed by atoms with E-state index in [1.54, 1.807) is 13.2 Å². The number of rotatable bonds is 4. The Kier molecular flexibility index (Phi) is 4.93. The van der Waals surface area contributed by atoms with Crippen LogP contribution in [0.2, 0.25) is 5.02 Å². The summed E-state index contributed by atoms with van der Waals surface area (Å²) in [6.07, 6.45) is 7.19. The van der Waals surface area contributed by atoms with Gasteiger partial charge in [-0.15, -0.1) is 0 Å². The topological polar surface area (TPSA) is 63.1 Å². The quantitative estimate of drug-likeness (QED) is 0.927. The Morgan fingerprint density at radius 3 is 3.04 bits per heavy atom. The van der Waals surface area contributed by atoms with Gasteiger partial charge in [-0.05, 0) is 31.0 Å². The minimum atomic E-state index is -0.164. The standard InChI is InChI=1S/C16H20ClN5O/c1-21-15(14(17)9-19-21)16(23)20-13-5-3-7-22(11-13)10-12-4-2-6-18-8-12/h2,4,6,8-9,13H,3,5,7,10-11H2,1H3,(H,20,23)/t13-/m1/s1. The van der Waals surface area contributed by atoms with E-state index in [1.165, 1.54) is 16.4 Å². The molecule has 0 aromatic carbocycles. The van der Waals surface area contributed by atoms with Gasteiger partial charge in [0, 0.05) is 38.6 Å². The zero-order valence-electron chi connectivity index (χ0n) is 13.1. The number of hydrogen-bond donors (Lipinski definition) is 1. The van der Waals surface area contributed by atoms with E-state index in [2.05, 4.69) is 26.4 Å². The molecule has 1 fully saturated rings. The number of likely N-dealkylation sites (tertiary alicyclic amines) is 1. The smallest absolute Gasteiger partial charge is 0.271 e. The van der Waals surface area contributed by atoms with Crippen LogP contribution in [0.15, 0.2) is 30.7 Å². The van der Waals surface area contributed by atoms with Crippen molar-refractivity contribution in [2.45, 2.75) is 25.4 Å². The average molecular weight is 334 g/mol. The number of nitrogens with one attached hydrogen (secondary N) is 1. The van der Waals surface area contributed by atoms with E-state index in [9.17, 15) is 4.79 Å². The van der Waals surface area contributed by atoms with Crippen LogP contribution in [0.5, 0.6) is 0 Å². The number of aryl methyl sites for hydroxylation is 1. The van der Waals surface area contributed by atoms with E-state index in [0.717, 1.165) is 32.5 Å². The molecule has 0 saturated carbocycles. The lowest BCUT2D eigenvalue weighted by atomic mass is 10.0. The molecule has 1 aliphatic heterocycles. The van der Waals surface area contributed by atoms with Crippen LogP contribution in [-0.4, -0.2) is 44.7 Å². The lowest BCUT2D eigenvalue weighted by molar-refractivity contribution is 0.0891. The molecule has 0 unspecified atom stereocenters. The highest BCUT2D eigenvalue weighted by Crippen LogP contribution is 2.17. The van der Waals surface area contributed by atoms with Crippen molar-refractivity contribution < 1.29 is 4.79 Å². The lowest BCUT2D eigenvalue weighted by Crippen LogP contribution is -2.47. The number of hydrogen-bond acceptors (Lipinski definition) is 4. The number of pyridine rings is 1. The summed E-state index contributed by atoms with van der Waals surface area (Å²) in [6, 6.07) is 4.15. The molecule has 1 amide bonds. The summed E-state index contributed by atoms with van der Waals surface area (Å²) >= 11 is 6.03. The summed E-state index contributed by atoms with van der Waals surface area (Å²) in [4.78, 5) is 18.9. The molecular formula is C16H20ClN5O. The Labute approximate surface area is 140 Å². The van der Waals surface area contributed by atoms with Gasteiger partial charge in [0.25, 0.3) is 5.91 Å². The number of aromatic nitrogens is 3. The number of carbonyl (C=O) groups excluding carboxylic acids is 1. The first kappa shape index (κ1) is 16.0. The minimum Gasteiger partial charge on any atom is -0.347 e. The molecule has 2 aromatic rings. The second-order valence-corrected chi connectivity index (χ2v) is 6.28. The molecule has 3 heterocycles. The van der Waals surface area contributed by atoms with Crippen LogP contribution in [0.25, 0.3) is 0 Å². The fraction of sp³-hybridized carbons (Fsp3) is 0.438. The van der Waals surface area contributed by atoms with E-state index in [4.69, 9.17) is 11.6 Å². The molecule has 3 rings (SSSR count). The Bertz CT molecular complexity index is 653. The zero-order chi connectivity index (χ0) is 16.2. The first-order valence-corrected chi connectivity index (χ1v) is 8.11. The third-order valence-electron chi connectivity index (χ3n) is 4.08. The normalized spacial score (nSPS) is 18.8. The van der Waals surface area contributed by atoms with Crippen LogP contribution in [0.1, 0.15) is 28.9 Å². The average Bonchev–Trinajstić information content (AvgIpc) is 2.87. The fourth-order valence-electron chi connectivity index (χ4n) is 2.99. The highest BCUT2D eigenvalue weighted by atomic mass is 35.5. The van der Waals surface area contributed by atoms with Gasteiger partial charge in [0.15, 0.2) is 0 Å². The first-order chi connectivity index (χ1) is 11.1. The van der Waals surface area contributed by atoms with Crippen LogP contribution < -0.4 is 5.32 Å². The van der Waals surface area contributed by atoms with Gasteiger partial charge < -0.3 is 5.32 Å². The molecule has 7 heteroatoms. The fourth-order valence-corrected chi connectivity index (χ4v) is 3.24. The molecule has 0 radical (unpaired) electrons. The molecule has 1 N–H and O–H groups in total. The van der Waals surface area contributed by atoms with Gasteiger partial charge in [0.1, 0.15) is 5.69 Å². The predicted octanol–water partition coefficient (Wildman–Crippen LogP) is 1.86. The molecule has 1 aliphatic rings. The summed E-state index contributed by atoms with van der Waals surface area (Å²) in [5.41, 5.74) is 1.60. The molecule has 0 bridgehead atoms. The van der Waals surface area contributed by atoms with Gasteiger partial charge in [-0.1, -0.05) is 17.7 Å². The SMILES string of the molecule is Cn1ncc(Cl)c1C(=O)N[C@@H]1CCCN(Cc2cccnc2)C1. The van der Waals surface area contributed by atoms with Crippen LogP contribution >= 0.6 is 11.6 Å². The Morgan fingerprint density at radius 1 is 1.48 bits per heavy atom. The van der Waals surface area contributed by atoms with Crippen molar-refractivity contribution in [3.8, 4) is 0 Å². The summed E-state index contributed by atoms with van der Waals surface area (Å²) in [5.74, 6) is -0.164. The zero-order valence-corrected chi connectivity index (χ0v) is 13.8. The van der Waals surface area contributed by atoms with E-state index in [1.807, 2.05) is 12.3 Å². The maximum absolute atomic E-state index is 12.4. The van der Waals surface area contributed by atoms with Crippen LogP contribution in [0, 0.1) is 0 Å². The minimum absolute atomic E-state index is 0.124. The van der Waals surface area contributed by atoms with Gasteiger partial charge in [-0.2, -0.15) is 5.10 Å². The molecule has 1 atom stereocenters. The second-order valence-electron chi connectivity index (χ2n) is 5.87. The summed E-state index contributed by atoms with van der Waals surface area (Å²) in [6.45, 7) is 2.72. The molecule has 23 heavy (non-hydrogen) atoms. The molecular weight excluding hydrogens is 314 g/mol. The Balaban J connectivity index is 1.59. The molecule has 6 nitrogen and oxygen atoms in total. The lowest BCUT2D eigenvalue weighted by Gasteiger charge is -2.33. The maximum atomic E-state index is 12.4. The number of piperidine rings is 1. The van der Waals surface area contributed by atoms with Crippen LogP contribution in [0.3, 0.4) is 0 Å². The maximum Gasteiger partial charge on any atom is 0.271 e. The van der Waals surface area contributed by atoms with Gasteiger partial charge in [-0.3, -0.25) is 19.4 Å². The molecule has 122 valence electrons. The Morgan fingerprint density at radius 2 is 2.35 bits per heavy atom. The van der Waals surface area contributed by atoms with Crippen molar-refractivity contribution in [3.05, 3.63) is 47.0 Å². The third-order valence-corrected chi connectivity index (χ3v) is 4.36. The van der Waals surface area contributed by atoms with E-state index >= 15 is 0 Å². The number of halogens is 1. The van der Waals surface area contributed by atoms with E-state index < -0.39 is 0 Å². The highest BCUT2D eigenvalue weighted by Gasteiger charge is 2.24. The van der Waals surface area contributed by atoms with Crippen molar-refractivity contribution in [1.82, 2.24) is 25.0 Å². The number of carbonyl (C=O) groups is 1. The summed E-state index contributed by atoms with van der Waals surface area (Å²) < 4.78 is 1.51. The molecule has 2 aromatic heterocycles. The number of nitrogens with zero attached hydrogens (tertiary/aromatic N) is 4. The van der Waals surface area contributed by atoms with Crippen molar-refractivity contribution in [3.63, 3.8) is 0 Å². The Hall–Kier alpha value is -1.92. The first-order valence-electron chi connectivity index (χ1n) is 7.73. The monoisotopic (exact) mass is 333 g/mol. The van der Waals surface area contributed by atoms with Crippen LogP contribution in [0.4, 0.5) is 0 Å². The molecule has 0 aliphatic carbocycles. The van der Waals surface area contributed by atoms with Crippen molar-refractivity contribution in [2.75, 3.05) is 13.1 Å². The van der Waals surface area contributed by atoms with Crippen molar-refractivity contribution in [2.24, 2.45) is 7.05 Å². The summed E-state index contributed by atoms with van der Waals surface area (Å²) in [5, 5.41) is 7.47. The largest absolute Gasteiger partial charge is 0.347 e. The van der Waals surface area contributed by atoms with Crippen LogP contribution in [-0.2, 0) is 13.6 Å². The number of amides is 1. The highest BCUT2D eigenvalue weighted by molar-refractivity contribution is 6.33. The predicted molar refractivity (Wildman–Crippen MR) is 88.2 cm³/mol. The third kappa shape index (κ3) is 3.89.